The van der Waals surface area contributed by atoms with E-state index in [-0.39, 0.29) is 66.2 Å². The zero-order chi connectivity index (χ0) is 34.3. The lowest BCUT2D eigenvalue weighted by atomic mass is 10.00. The summed E-state index contributed by atoms with van der Waals surface area (Å²) < 4.78 is 5.37. The summed E-state index contributed by atoms with van der Waals surface area (Å²) in [7, 11) is 0. The molecule has 0 atom stereocenters. The van der Waals surface area contributed by atoms with Crippen molar-refractivity contribution in [3.8, 4) is 11.5 Å². The Morgan fingerprint density at radius 2 is 1.64 bits per heavy atom. The van der Waals surface area contributed by atoms with Crippen molar-refractivity contribution in [1.82, 2.24) is 10.6 Å². The van der Waals surface area contributed by atoms with E-state index in [1.165, 1.54) is 0 Å². The lowest BCUT2D eigenvalue weighted by Gasteiger charge is -2.24. The molecule has 0 saturated heterocycles. The van der Waals surface area contributed by atoms with Crippen molar-refractivity contribution in [2.75, 3.05) is 31.1 Å². The minimum absolute atomic E-state index is 0.00171. The number of hydrogen-bond donors (Lipinski definition) is 5. The van der Waals surface area contributed by atoms with E-state index in [2.05, 4.69) is 10.6 Å². The molecule has 12 nitrogen and oxygen atoms in total. The van der Waals surface area contributed by atoms with Crippen LogP contribution in [0.15, 0.2) is 48.0 Å². The SMILES string of the molecule is CCN(CCNC(=O)CCCCCNC(=O)CCC1C(=O)CCC1=O)c1ccc(/C=C(\C)C(=O)Oc2ccc(C(=N)N)cc2)c(O)c1. The largest absolute Gasteiger partial charge is 0.507 e. The van der Waals surface area contributed by atoms with E-state index >= 15 is 0 Å². The molecule has 0 spiro atoms. The summed E-state index contributed by atoms with van der Waals surface area (Å²) in [5, 5.41) is 23.8. The molecule has 252 valence electrons. The molecule has 0 radical (unpaired) electrons. The van der Waals surface area contributed by atoms with Crippen LogP contribution >= 0.6 is 0 Å². The van der Waals surface area contributed by atoms with Gasteiger partial charge in [-0.25, -0.2) is 4.79 Å². The second-order valence-corrected chi connectivity index (χ2v) is 11.5. The first-order chi connectivity index (χ1) is 22.5. The molecule has 2 amide bonds. The number of ether oxygens (including phenoxy) is 1. The van der Waals surface area contributed by atoms with Crippen LogP contribution in [0.4, 0.5) is 5.69 Å². The number of esters is 1. The van der Waals surface area contributed by atoms with Crippen LogP contribution in [0.3, 0.4) is 0 Å². The lowest BCUT2D eigenvalue weighted by Crippen LogP contribution is -2.34. The van der Waals surface area contributed by atoms with Crippen molar-refractivity contribution in [2.24, 2.45) is 11.7 Å². The topological polar surface area (TPSA) is 192 Å². The van der Waals surface area contributed by atoms with Crippen molar-refractivity contribution in [3.63, 3.8) is 0 Å². The zero-order valence-corrected chi connectivity index (χ0v) is 27.1. The van der Waals surface area contributed by atoms with Gasteiger partial charge in [-0.3, -0.25) is 24.6 Å². The molecule has 1 aliphatic carbocycles. The fourth-order valence-electron chi connectivity index (χ4n) is 5.20. The smallest absolute Gasteiger partial charge is 0.339 e. The average molecular weight is 648 g/mol. The van der Waals surface area contributed by atoms with Gasteiger partial charge in [0.25, 0.3) is 0 Å². The van der Waals surface area contributed by atoms with Crippen LogP contribution in [0.1, 0.15) is 76.3 Å². The van der Waals surface area contributed by atoms with Gasteiger partial charge in [0.15, 0.2) is 0 Å². The number of unbranched alkanes of at least 4 members (excludes halogenated alkanes) is 2. The predicted molar refractivity (Wildman–Crippen MR) is 179 cm³/mol. The molecule has 1 fully saturated rings. The number of carbonyl (C=O) groups is 5. The molecule has 12 heteroatoms. The number of anilines is 1. The number of hydrogen-bond acceptors (Lipinski definition) is 9. The number of rotatable bonds is 18. The van der Waals surface area contributed by atoms with Crippen molar-refractivity contribution in [2.45, 2.75) is 65.2 Å². The van der Waals surface area contributed by atoms with Crippen LogP contribution < -0.4 is 26.0 Å². The molecule has 3 rings (SSSR count). The number of ketones is 2. The van der Waals surface area contributed by atoms with E-state index in [1.807, 2.05) is 17.9 Å². The summed E-state index contributed by atoms with van der Waals surface area (Å²) in [6.45, 7) is 5.66. The van der Waals surface area contributed by atoms with Crippen molar-refractivity contribution >= 4 is 46.9 Å². The molecule has 47 heavy (non-hydrogen) atoms. The number of nitrogen functional groups attached to an aromatic ring is 1. The third kappa shape index (κ3) is 11.7. The summed E-state index contributed by atoms with van der Waals surface area (Å²) in [4.78, 5) is 62.2. The Morgan fingerprint density at radius 1 is 0.979 bits per heavy atom. The van der Waals surface area contributed by atoms with Crippen molar-refractivity contribution in [1.29, 1.82) is 5.41 Å². The fourth-order valence-corrected chi connectivity index (χ4v) is 5.20. The molecule has 2 aromatic rings. The number of amides is 2. The molecule has 0 heterocycles. The molecule has 2 aromatic carbocycles. The van der Waals surface area contributed by atoms with E-state index in [1.54, 1.807) is 49.4 Å². The summed E-state index contributed by atoms with van der Waals surface area (Å²) in [5.41, 5.74) is 7.48. The van der Waals surface area contributed by atoms with Crippen LogP contribution in [0.2, 0.25) is 0 Å². The minimum Gasteiger partial charge on any atom is -0.507 e. The molecule has 6 N–H and O–H groups in total. The number of phenolic OH excluding ortho intramolecular Hbond substituents is 1. The highest BCUT2D eigenvalue weighted by molar-refractivity contribution is 6.08. The van der Waals surface area contributed by atoms with Crippen LogP contribution in [-0.4, -0.2) is 66.5 Å². The van der Waals surface area contributed by atoms with Gasteiger partial charge in [-0.15, -0.1) is 0 Å². The van der Waals surface area contributed by atoms with Gasteiger partial charge in [-0.1, -0.05) is 6.42 Å². The fraction of sp³-hybridized carbons (Fsp3) is 0.429. The number of aromatic hydroxyl groups is 1. The number of likely N-dealkylation sites (N-methyl/N-ethyl adjacent to an activating group) is 1. The molecular weight excluding hydrogens is 602 g/mol. The van der Waals surface area contributed by atoms with E-state index < -0.39 is 11.9 Å². The summed E-state index contributed by atoms with van der Waals surface area (Å²) >= 11 is 0. The number of nitrogens with two attached hydrogens (primary N) is 1. The predicted octanol–water partition coefficient (Wildman–Crippen LogP) is 3.63. The first-order valence-electron chi connectivity index (χ1n) is 16.0. The first kappa shape index (κ1) is 36.5. The lowest BCUT2D eigenvalue weighted by molar-refractivity contribution is -0.130. The van der Waals surface area contributed by atoms with Gasteiger partial charge < -0.3 is 31.1 Å². The Labute approximate surface area is 275 Å². The Hall–Kier alpha value is -5.00. The summed E-state index contributed by atoms with van der Waals surface area (Å²) in [6, 6.07) is 11.4. The van der Waals surface area contributed by atoms with E-state index in [0.29, 0.717) is 55.9 Å². The minimum atomic E-state index is -0.612. The Kier molecular flexibility index (Phi) is 14.1. The average Bonchev–Trinajstić information content (AvgIpc) is 3.37. The molecule has 0 bridgehead atoms. The Balaban J connectivity index is 1.34. The molecular formula is C35H45N5O7. The maximum atomic E-state index is 12.5. The van der Waals surface area contributed by atoms with Gasteiger partial charge in [0.2, 0.25) is 11.8 Å². The van der Waals surface area contributed by atoms with Crippen LogP contribution in [0.5, 0.6) is 11.5 Å². The Bertz CT molecular complexity index is 1470. The normalized spacial score (nSPS) is 13.4. The van der Waals surface area contributed by atoms with Crippen molar-refractivity contribution < 1.29 is 33.8 Å². The molecule has 0 aliphatic heterocycles. The second-order valence-electron chi connectivity index (χ2n) is 11.5. The van der Waals surface area contributed by atoms with E-state index in [9.17, 15) is 29.1 Å². The molecule has 0 unspecified atom stereocenters. The molecule has 1 aliphatic rings. The van der Waals surface area contributed by atoms with Crippen LogP contribution in [0, 0.1) is 11.3 Å². The molecule has 1 saturated carbocycles. The Morgan fingerprint density at radius 3 is 2.28 bits per heavy atom. The quantitative estimate of drug-likeness (QED) is 0.0306. The summed E-state index contributed by atoms with van der Waals surface area (Å²) in [6.07, 6.45) is 5.13. The highest BCUT2D eigenvalue weighted by atomic mass is 16.5. The second kappa shape index (κ2) is 18.2. The number of amidine groups is 1. The number of phenols is 1. The van der Waals surface area contributed by atoms with Crippen LogP contribution in [0.25, 0.3) is 6.08 Å². The zero-order valence-electron chi connectivity index (χ0n) is 27.1. The van der Waals surface area contributed by atoms with Gasteiger partial charge in [0, 0.05) is 80.3 Å². The number of nitrogens with zero attached hydrogens (tertiary/aromatic N) is 1. The van der Waals surface area contributed by atoms with Gasteiger partial charge in [0.05, 0.1) is 5.92 Å². The standard InChI is InChI=1S/C35H45N5O7/c1-3-40(20-19-39-32(44)7-5-4-6-18-38-33(45)17-14-28-29(41)15-16-30(28)42)26-11-8-25(31(43)22-26)21-23(2)35(46)47-27-12-9-24(10-13-27)34(36)37/h8-13,21-22,28,43H,3-7,14-20H2,1-2H3,(H3,36,37)(H,38,45)(H,39,44)/b23-21+. The monoisotopic (exact) mass is 647 g/mol. The third-order valence-corrected chi connectivity index (χ3v) is 7.99. The molecule has 0 aromatic heterocycles. The van der Waals surface area contributed by atoms with Gasteiger partial charge in [-0.05, 0) is 75.6 Å². The number of Topliss-reactive ketones (excluding diaryl/α,β-unsaturated/α-hetero) is 2. The maximum absolute atomic E-state index is 12.5. The third-order valence-electron chi connectivity index (χ3n) is 7.99. The van der Waals surface area contributed by atoms with Crippen LogP contribution in [-0.2, 0) is 24.0 Å². The highest BCUT2D eigenvalue weighted by Gasteiger charge is 2.32. The van der Waals surface area contributed by atoms with Gasteiger partial charge in [-0.2, -0.15) is 0 Å². The number of carbonyl (C=O) groups excluding carboxylic acids is 5. The maximum Gasteiger partial charge on any atom is 0.339 e. The van der Waals surface area contributed by atoms with E-state index in [0.717, 1.165) is 18.5 Å². The van der Waals surface area contributed by atoms with Crippen molar-refractivity contribution in [3.05, 3.63) is 59.2 Å². The summed E-state index contributed by atoms with van der Waals surface area (Å²) in [5.74, 6) is -1.31. The number of benzene rings is 2. The van der Waals surface area contributed by atoms with E-state index in [4.69, 9.17) is 15.9 Å². The highest BCUT2D eigenvalue weighted by Crippen LogP contribution is 2.27. The first-order valence-corrected chi connectivity index (χ1v) is 16.0. The van der Waals surface area contributed by atoms with Gasteiger partial charge >= 0.3 is 5.97 Å². The number of nitrogens with one attached hydrogen (secondary N) is 3. The van der Waals surface area contributed by atoms with Gasteiger partial charge in [0.1, 0.15) is 28.9 Å².